The van der Waals surface area contributed by atoms with Gasteiger partial charge in [0.2, 0.25) is 0 Å². The number of carbonyl (C=O) groups is 1. The quantitative estimate of drug-likeness (QED) is 0.575. The van der Waals surface area contributed by atoms with E-state index in [2.05, 4.69) is 22.6 Å². The lowest BCUT2D eigenvalue weighted by Gasteiger charge is -2.28. The van der Waals surface area contributed by atoms with Crippen LogP contribution in [0.5, 0.6) is 0 Å². The van der Waals surface area contributed by atoms with Crippen LogP contribution >= 0.6 is 34.2 Å². The van der Waals surface area contributed by atoms with Gasteiger partial charge in [-0.15, -0.1) is 11.6 Å². The third kappa shape index (κ3) is 3.38. The summed E-state index contributed by atoms with van der Waals surface area (Å²) in [6, 6.07) is 8.14. The minimum absolute atomic E-state index is 0.124. The van der Waals surface area contributed by atoms with Crippen LogP contribution in [0.2, 0.25) is 0 Å². The van der Waals surface area contributed by atoms with Crippen molar-refractivity contribution in [2.75, 3.05) is 12.4 Å². The monoisotopic (exact) mass is 377 g/mol. The largest absolute Gasteiger partial charge is 0.334 e. The number of hydrogen-bond donors (Lipinski definition) is 0. The van der Waals surface area contributed by atoms with Crippen LogP contribution in [-0.4, -0.2) is 29.3 Å². The molecule has 1 aromatic carbocycles. The number of benzene rings is 1. The minimum Gasteiger partial charge on any atom is -0.334 e. The van der Waals surface area contributed by atoms with E-state index in [0.717, 1.165) is 22.0 Å². The average Bonchev–Trinajstić information content (AvgIpc) is 2.90. The first-order valence-corrected chi connectivity index (χ1v) is 7.96. The van der Waals surface area contributed by atoms with E-state index in [1.807, 2.05) is 29.2 Å². The molecular formula is C14H17ClINO. The Kier molecular flexibility index (Phi) is 5.30. The van der Waals surface area contributed by atoms with E-state index < -0.39 is 0 Å². The summed E-state index contributed by atoms with van der Waals surface area (Å²) in [6.07, 6.45) is 4.69. The molecule has 0 aromatic heterocycles. The summed E-state index contributed by atoms with van der Waals surface area (Å²) < 4.78 is 1.15. The normalized spacial score (nSPS) is 15.9. The Balaban J connectivity index is 2.14. The number of carbonyl (C=O) groups excluding carboxylic acids is 1. The molecule has 98 valence electrons. The summed E-state index contributed by atoms with van der Waals surface area (Å²) in [5.74, 6) is 0.631. The molecule has 1 fully saturated rings. The summed E-state index contributed by atoms with van der Waals surface area (Å²) in [5, 5.41) is 0. The molecule has 0 bridgehead atoms. The van der Waals surface area contributed by atoms with Crippen molar-refractivity contribution in [3.8, 4) is 0 Å². The predicted molar refractivity (Wildman–Crippen MR) is 83.2 cm³/mol. The van der Waals surface area contributed by atoms with Crippen molar-refractivity contribution in [1.29, 1.82) is 0 Å². The van der Waals surface area contributed by atoms with Gasteiger partial charge in [-0.3, -0.25) is 4.79 Å². The molecule has 2 rings (SSSR count). The van der Waals surface area contributed by atoms with E-state index in [4.69, 9.17) is 11.6 Å². The number of nitrogens with zero attached hydrogens (tertiary/aromatic N) is 1. The second-order valence-electron chi connectivity index (χ2n) is 4.63. The van der Waals surface area contributed by atoms with Crippen LogP contribution in [0.25, 0.3) is 0 Å². The third-order valence-electron chi connectivity index (χ3n) is 3.44. The fourth-order valence-electron chi connectivity index (χ4n) is 2.52. The highest BCUT2D eigenvalue weighted by atomic mass is 127. The maximum absolute atomic E-state index is 12.5. The second kappa shape index (κ2) is 6.75. The standard InChI is InChI=1S/C14H17ClINO/c15-9-10-17(13-3-1-2-4-13)14(18)11-5-7-12(16)8-6-11/h5-8,13H,1-4,9-10H2. The maximum Gasteiger partial charge on any atom is 0.254 e. The molecule has 0 saturated heterocycles. The highest BCUT2D eigenvalue weighted by molar-refractivity contribution is 14.1. The topological polar surface area (TPSA) is 20.3 Å². The first kappa shape index (κ1) is 14.1. The fourth-order valence-corrected chi connectivity index (χ4v) is 3.06. The van der Waals surface area contributed by atoms with Gasteiger partial charge >= 0.3 is 0 Å². The van der Waals surface area contributed by atoms with E-state index in [1.165, 1.54) is 12.8 Å². The Bertz CT molecular complexity index is 401. The van der Waals surface area contributed by atoms with Gasteiger partial charge in [-0.25, -0.2) is 0 Å². The minimum atomic E-state index is 0.124. The molecule has 0 heterocycles. The van der Waals surface area contributed by atoms with Gasteiger partial charge in [0, 0.05) is 27.6 Å². The maximum atomic E-state index is 12.5. The molecule has 1 saturated carbocycles. The van der Waals surface area contributed by atoms with Crippen LogP contribution in [-0.2, 0) is 0 Å². The van der Waals surface area contributed by atoms with Gasteiger partial charge in [0.15, 0.2) is 0 Å². The van der Waals surface area contributed by atoms with Crippen LogP contribution < -0.4 is 0 Å². The van der Waals surface area contributed by atoms with E-state index in [0.29, 0.717) is 18.5 Å². The summed E-state index contributed by atoms with van der Waals surface area (Å²) >= 11 is 8.08. The van der Waals surface area contributed by atoms with Crippen molar-refractivity contribution < 1.29 is 4.79 Å². The molecule has 0 aliphatic heterocycles. The Morgan fingerprint density at radius 1 is 1.28 bits per heavy atom. The first-order valence-electron chi connectivity index (χ1n) is 6.35. The zero-order chi connectivity index (χ0) is 13.0. The summed E-state index contributed by atoms with van der Waals surface area (Å²) in [6.45, 7) is 0.650. The lowest BCUT2D eigenvalue weighted by atomic mass is 10.1. The summed E-state index contributed by atoms with van der Waals surface area (Å²) in [5.41, 5.74) is 0.771. The predicted octanol–water partition coefficient (Wildman–Crippen LogP) is 3.91. The zero-order valence-electron chi connectivity index (χ0n) is 10.2. The molecule has 2 nitrogen and oxygen atoms in total. The van der Waals surface area contributed by atoms with Crippen molar-refractivity contribution >= 4 is 40.1 Å². The van der Waals surface area contributed by atoms with Gasteiger partial charge in [-0.2, -0.15) is 0 Å². The lowest BCUT2D eigenvalue weighted by molar-refractivity contribution is 0.0695. The van der Waals surface area contributed by atoms with Gasteiger partial charge in [0.25, 0.3) is 5.91 Å². The summed E-state index contributed by atoms with van der Waals surface area (Å²) in [7, 11) is 0. The number of alkyl halides is 1. The molecule has 0 radical (unpaired) electrons. The number of halogens is 2. The molecule has 1 aliphatic carbocycles. The van der Waals surface area contributed by atoms with Crippen LogP contribution in [0, 0.1) is 3.57 Å². The molecule has 0 spiro atoms. The molecule has 1 amide bonds. The Morgan fingerprint density at radius 3 is 2.44 bits per heavy atom. The molecule has 0 unspecified atom stereocenters. The fraction of sp³-hybridized carbons (Fsp3) is 0.500. The molecule has 18 heavy (non-hydrogen) atoms. The van der Waals surface area contributed by atoms with Crippen LogP contribution in [0.1, 0.15) is 36.0 Å². The van der Waals surface area contributed by atoms with E-state index >= 15 is 0 Å². The van der Waals surface area contributed by atoms with E-state index in [1.54, 1.807) is 0 Å². The van der Waals surface area contributed by atoms with Crippen LogP contribution in [0.3, 0.4) is 0 Å². The molecule has 4 heteroatoms. The Morgan fingerprint density at radius 2 is 1.89 bits per heavy atom. The number of rotatable bonds is 4. The zero-order valence-corrected chi connectivity index (χ0v) is 13.2. The van der Waals surface area contributed by atoms with Crippen molar-refractivity contribution in [2.24, 2.45) is 0 Å². The van der Waals surface area contributed by atoms with Gasteiger partial charge in [0.1, 0.15) is 0 Å². The third-order valence-corrected chi connectivity index (χ3v) is 4.33. The Labute approximate surface area is 127 Å². The first-order chi connectivity index (χ1) is 8.72. The lowest BCUT2D eigenvalue weighted by Crippen LogP contribution is -2.40. The van der Waals surface area contributed by atoms with Crippen molar-refractivity contribution in [2.45, 2.75) is 31.7 Å². The van der Waals surface area contributed by atoms with Crippen molar-refractivity contribution in [3.63, 3.8) is 0 Å². The second-order valence-corrected chi connectivity index (χ2v) is 6.26. The molecule has 0 N–H and O–H groups in total. The van der Waals surface area contributed by atoms with Crippen molar-refractivity contribution in [1.82, 2.24) is 4.90 Å². The van der Waals surface area contributed by atoms with Crippen LogP contribution in [0.15, 0.2) is 24.3 Å². The molecular weight excluding hydrogens is 361 g/mol. The summed E-state index contributed by atoms with van der Waals surface area (Å²) in [4.78, 5) is 14.5. The SMILES string of the molecule is O=C(c1ccc(I)cc1)N(CCCl)C1CCCC1. The van der Waals surface area contributed by atoms with Gasteiger partial charge in [-0.1, -0.05) is 12.8 Å². The van der Waals surface area contributed by atoms with Gasteiger partial charge < -0.3 is 4.90 Å². The highest BCUT2D eigenvalue weighted by Gasteiger charge is 2.26. The molecule has 1 aliphatic rings. The highest BCUT2D eigenvalue weighted by Crippen LogP contribution is 2.25. The molecule has 0 atom stereocenters. The van der Waals surface area contributed by atoms with Crippen LogP contribution in [0.4, 0.5) is 0 Å². The van der Waals surface area contributed by atoms with Gasteiger partial charge in [-0.05, 0) is 59.7 Å². The smallest absolute Gasteiger partial charge is 0.254 e. The molecule has 1 aromatic rings. The average molecular weight is 378 g/mol. The van der Waals surface area contributed by atoms with E-state index in [9.17, 15) is 4.79 Å². The van der Waals surface area contributed by atoms with Gasteiger partial charge in [0.05, 0.1) is 0 Å². The number of hydrogen-bond acceptors (Lipinski definition) is 1. The van der Waals surface area contributed by atoms with Crippen molar-refractivity contribution in [3.05, 3.63) is 33.4 Å². The van der Waals surface area contributed by atoms with E-state index in [-0.39, 0.29) is 5.91 Å². The Hall–Kier alpha value is -0.290. The number of amides is 1.